The van der Waals surface area contributed by atoms with Crippen LogP contribution in [0.4, 0.5) is 4.39 Å². The van der Waals surface area contributed by atoms with Gasteiger partial charge in [0, 0.05) is 11.1 Å². The minimum atomic E-state index is -0.460. The first-order chi connectivity index (χ1) is 8.54. The second-order valence-corrected chi connectivity index (χ2v) is 4.04. The van der Waals surface area contributed by atoms with Crippen molar-refractivity contribution in [1.29, 1.82) is 0 Å². The third kappa shape index (κ3) is 4.27. The van der Waals surface area contributed by atoms with Crippen molar-refractivity contribution in [2.24, 2.45) is 5.84 Å². The van der Waals surface area contributed by atoms with Crippen LogP contribution in [0.25, 0.3) is 0 Å². The molecule has 3 N–H and O–H groups in total. The molecule has 0 aliphatic heterocycles. The molecule has 1 rings (SSSR count). The van der Waals surface area contributed by atoms with Gasteiger partial charge in [-0.2, -0.15) is 0 Å². The molecule has 0 aromatic heterocycles. The zero-order valence-electron chi connectivity index (χ0n) is 10.3. The van der Waals surface area contributed by atoms with Gasteiger partial charge in [0.05, 0.1) is 13.2 Å². The number of hydrogen-bond donors (Lipinski definition) is 2. The lowest BCUT2D eigenvalue weighted by Gasteiger charge is -2.07. The van der Waals surface area contributed by atoms with Gasteiger partial charge in [-0.15, -0.1) is 6.58 Å². The third-order valence-corrected chi connectivity index (χ3v) is 2.37. The van der Waals surface area contributed by atoms with Crippen LogP contribution in [0, 0.1) is 5.82 Å². The van der Waals surface area contributed by atoms with Gasteiger partial charge in [0.25, 0.3) is 5.91 Å². The average Bonchev–Trinajstić information content (AvgIpc) is 2.35. The van der Waals surface area contributed by atoms with Gasteiger partial charge in [-0.25, -0.2) is 10.2 Å². The number of carbonyl (C=O) groups excluding carboxylic acids is 1. The molecule has 0 bridgehead atoms. The van der Waals surface area contributed by atoms with Gasteiger partial charge in [-0.3, -0.25) is 10.2 Å². The summed E-state index contributed by atoms with van der Waals surface area (Å²) >= 11 is 0. The molecule has 0 aliphatic carbocycles. The van der Waals surface area contributed by atoms with Crippen molar-refractivity contribution in [2.45, 2.75) is 20.0 Å². The maximum atomic E-state index is 13.5. The van der Waals surface area contributed by atoms with E-state index >= 15 is 0 Å². The molecule has 0 radical (unpaired) electrons. The highest BCUT2D eigenvalue weighted by Gasteiger charge is 2.08. The van der Waals surface area contributed by atoms with Gasteiger partial charge in [0.1, 0.15) is 5.82 Å². The Morgan fingerprint density at radius 1 is 1.56 bits per heavy atom. The van der Waals surface area contributed by atoms with Gasteiger partial charge in [0.2, 0.25) is 0 Å². The summed E-state index contributed by atoms with van der Waals surface area (Å²) in [6, 6.07) is 4.02. The molecule has 0 spiro atoms. The van der Waals surface area contributed by atoms with Crippen LogP contribution in [0.1, 0.15) is 29.3 Å². The molecule has 1 aromatic rings. The zero-order chi connectivity index (χ0) is 13.5. The van der Waals surface area contributed by atoms with Gasteiger partial charge in [-0.05, 0) is 31.5 Å². The summed E-state index contributed by atoms with van der Waals surface area (Å²) in [5.41, 5.74) is 3.64. The Kier molecular flexibility index (Phi) is 5.48. The van der Waals surface area contributed by atoms with Crippen LogP contribution >= 0.6 is 0 Å². The van der Waals surface area contributed by atoms with Crippen LogP contribution in [-0.4, -0.2) is 12.5 Å². The Balaban J connectivity index is 2.64. The van der Waals surface area contributed by atoms with Crippen molar-refractivity contribution >= 4 is 5.91 Å². The van der Waals surface area contributed by atoms with E-state index in [1.165, 1.54) is 18.2 Å². The molecule has 5 heteroatoms. The van der Waals surface area contributed by atoms with Gasteiger partial charge in [0.15, 0.2) is 0 Å². The molecule has 0 fully saturated rings. The number of hydrogen-bond acceptors (Lipinski definition) is 3. The predicted octanol–water partition coefficient (Wildman–Crippen LogP) is 1.91. The van der Waals surface area contributed by atoms with Gasteiger partial charge < -0.3 is 4.74 Å². The van der Waals surface area contributed by atoms with Crippen molar-refractivity contribution in [3.8, 4) is 0 Å². The number of nitrogens with one attached hydrogen (secondary N) is 1. The summed E-state index contributed by atoms with van der Waals surface area (Å²) in [6.07, 6.45) is 0.727. The number of ether oxygens (including phenoxy) is 1. The SMILES string of the molecule is C=C(C)CCOCc1cc(C(=O)NN)ccc1F. The Labute approximate surface area is 106 Å². The molecular formula is C13H17FN2O2. The number of amides is 1. The van der Waals surface area contributed by atoms with Crippen molar-refractivity contribution in [3.05, 3.63) is 47.3 Å². The fourth-order valence-electron chi connectivity index (χ4n) is 1.34. The molecule has 0 unspecified atom stereocenters. The fourth-order valence-corrected chi connectivity index (χ4v) is 1.34. The first kappa shape index (κ1) is 14.3. The lowest BCUT2D eigenvalue weighted by Crippen LogP contribution is -2.30. The Morgan fingerprint density at radius 2 is 2.28 bits per heavy atom. The first-order valence-corrected chi connectivity index (χ1v) is 5.56. The topological polar surface area (TPSA) is 64.3 Å². The molecule has 0 saturated heterocycles. The fraction of sp³-hybridized carbons (Fsp3) is 0.308. The Morgan fingerprint density at radius 3 is 2.89 bits per heavy atom. The first-order valence-electron chi connectivity index (χ1n) is 5.56. The summed E-state index contributed by atoms with van der Waals surface area (Å²) < 4.78 is 18.8. The number of rotatable bonds is 6. The molecule has 1 amide bonds. The highest BCUT2D eigenvalue weighted by molar-refractivity contribution is 5.93. The summed E-state index contributed by atoms with van der Waals surface area (Å²) in [7, 11) is 0. The van der Waals surface area contributed by atoms with E-state index in [0.29, 0.717) is 17.7 Å². The van der Waals surface area contributed by atoms with E-state index in [1.54, 1.807) is 0 Å². The molecule has 18 heavy (non-hydrogen) atoms. The maximum Gasteiger partial charge on any atom is 0.265 e. The molecule has 1 aromatic carbocycles. The summed E-state index contributed by atoms with van der Waals surface area (Å²) in [6.45, 7) is 6.23. The second-order valence-electron chi connectivity index (χ2n) is 4.04. The Hall–Kier alpha value is -1.72. The van der Waals surface area contributed by atoms with Crippen LogP contribution in [0.2, 0.25) is 0 Å². The van der Waals surface area contributed by atoms with Crippen LogP contribution in [-0.2, 0) is 11.3 Å². The van der Waals surface area contributed by atoms with Crippen molar-refractivity contribution in [1.82, 2.24) is 5.43 Å². The minimum Gasteiger partial charge on any atom is -0.376 e. The van der Waals surface area contributed by atoms with E-state index in [0.717, 1.165) is 12.0 Å². The number of benzene rings is 1. The lowest BCUT2D eigenvalue weighted by molar-refractivity contribution is 0.0952. The van der Waals surface area contributed by atoms with Crippen molar-refractivity contribution < 1.29 is 13.9 Å². The zero-order valence-corrected chi connectivity index (χ0v) is 10.3. The van der Waals surface area contributed by atoms with E-state index < -0.39 is 11.7 Å². The monoisotopic (exact) mass is 252 g/mol. The summed E-state index contributed by atoms with van der Waals surface area (Å²) in [5.74, 6) is 4.15. The summed E-state index contributed by atoms with van der Waals surface area (Å²) in [5, 5.41) is 0. The van der Waals surface area contributed by atoms with E-state index in [4.69, 9.17) is 10.6 Å². The Bertz CT molecular complexity index is 447. The van der Waals surface area contributed by atoms with Crippen LogP contribution in [0.5, 0.6) is 0 Å². The number of carbonyl (C=O) groups is 1. The lowest BCUT2D eigenvalue weighted by atomic mass is 10.1. The number of nitrogen functional groups attached to an aromatic ring is 1. The van der Waals surface area contributed by atoms with Crippen LogP contribution in [0.15, 0.2) is 30.4 Å². The normalized spacial score (nSPS) is 10.2. The van der Waals surface area contributed by atoms with E-state index in [9.17, 15) is 9.18 Å². The molecule has 0 aliphatic rings. The highest BCUT2D eigenvalue weighted by atomic mass is 19.1. The molecule has 0 heterocycles. The smallest absolute Gasteiger partial charge is 0.265 e. The highest BCUT2D eigenvalue weighted by Crippen LogP contribution is 2.12. The standard InChI is InChI=1S/C13H17FN2O2/c1-9(2)5-6-18-8-11-7-10(13(17)16-15)3-4-12(11)14/h3-4,7H,1,5-6,8,15H2,2H3,(H,16,17). The molecule has 98 valence electrons. The van der Waals surface area contributed by atoms with Gasteiger partial charge in [-0.1, -0.05) is 5.57 Å². The molecule has 0 saturated carbocycles. The van der Waals surface area contributed by atoms with Gasteiger partial charge >= 0.3 is 0 Å². The quantitative estimate of drug-likeness (QED) is 0.267. The van der Waals surface area contributed by atoms with E-state index in [1.807, 2.05) is 12.3 Å². The number of halogens is 1. The van der Waals surface area contributed by atoms with E-state index in [2.05, 4.69) is 6.58 Å². The van der Waals surface area contributed by atoms with Crippen LogP contribution < -0.4 is 11.3 Å². The maximum absolute atomic E-state index is 13.5. The summed E-state index contributed by atoms with van der Waals surface area (Å²) in [4.78, 5) is 11.3. The molecular weight excluding hydrogens is 235 g/mol. The van der Waals surface area contributed by atoms with Crippen LogP contribution in [0.3, 0.4) is 0 Å². The second kappa shape index (κ2) is 6.88. The minimum absolute atomic E-state index is 0.116. The predicted molar refractivity (Wildman–Crippen MR) is 67.1 cm³/mol. The average molecular weight is 252 g/mol. The largest absolute Gasteiger partial charge is 0.376 e. The van der Waals surface area contributed by atoms with Crippen molar-refractivity contribution in [2.75, 3.05) is 6.61 Å². The molecule has 4 nitrogen and oxygen atoms in total. The number of hydrazine groups is 1. The third-order valence-electron chi connectivity index (χ3n) is 2.37. The van der Waals surface area contributed by atoms with E-state index in [-0.39, 0.29) is 6.61 Å². The number of nitrogens with two attached hydrogens (primary N) is 1. The molecule has 0 atom stereocenters. The van der Waals surface area contributed by atoms with Crippen molar-refractivity contribution in [3.63, 3.8) is 0 Å².